The molecule has 0 radical (unpaired) electrons. The highest BCUT2D eigenvalue weighted by atomic mass is 16.2. The Morgan fingerprint density at radius 3 is 2.60 bits per heavy atom. The van der Waals surface area contributed by atoms with Gasteiger partial charge in [-0.2, -0.15) is 0 Å². The summed E-state index contributed by atoms with van der Waals surface area (Å²) in [5, 5.41) is 3.70. The smallest absolute Gasteiger partial charge is 0.240 e. The number of Topliss-reactive ketones (excluding diaryl/α,β-unsaturated/α-hetero) is 1. The molecular formula is C28H42N8O4. The van der Waals surface area contributed by atoms with Crippen LogP contribution in [0.3, 0.4) is 0 Å². The summed E-state index contributed by atoms with van der Waals surface area (Å²) in [5.74, 6) is -2.06. The summed E-state index contributed by atoms with van der Waals surface area (Å²) in [5.41, 5.74) is 23.7. The second-order valence-corrected chi connectivity index (χ2v) is 10.3. The number of nitrogens with one attached hydrogen (secondary N) is 2. The van der Waals surface area contributed by atoms with Gasteiger partial charge in [-0.3, -0.25) is 24.2 Å². The summed E-state index contributed by atoms with van der Waals surface area (Å²) in [4.78, 5) is 60.7. The first-order chi connectivity index (χ1) is 19.2. The number of likely N-dealkylation sites (tertiary alicyclic amines) is 1. The van der Waals surface area contributed by atoms with Crippen molar-refractivity contribution in [1.82, 2.24) is 15.2 Å². The van der Waals surface area contributed by atoms with Crippen molar-refractivity contribution in [2.75, 3.05) is 19.6 Å². The molecule has 3 rings (SSSR count). The third-order valence-corrected chi connectivity index (χ3v) is 7.40. The zero-order chi connectivity index (χ0) is 29.1. The lowest BCUT2D eigenvalue weighted by Crippen LogP contribution is -2.48. The molecular weight excluding hydrogens is 512 g/mol. The number of aliphatic imine (C=N–C) groups is 1. The van der Waals surface area contributed by atoms with Crippen LogP contribution >= 0.6 is 0 Å². The zero-order valence-corrected chi connectivity index (χ0v) is 22.9. The van der Waals surface area contributed by atoms with Crippen molar-refractivity contribution in [3.8, 4) is 0 Å². The number of aromatic nitrogens is 1. The molecule has 12 heteroatoms. The Kier molecular flexibility index (Phi) is 11.5. The highest BCUT2D eigenvalue weighted by molar-refractivity contribution is 5.95. The van der Waals surface area contributed by atoms with Crippen LogP contribution in [0.1, 0.15) is 56.9 Å². The standard InChI is InChI=1S/C28H42N8O4/c29-12-2-1-6-19(27(40)35-22(26(30)39)9-4-13-34-28(31)32)16-24(37)23-10-5-15-36(23)25(38)17-18-7-3-8-21-20(18)11-14-33-21/h3,7-8,11,14,19,22-23,33H,1-2,4-6,9-10,12-13,15-17,29H2,(H2,30,39)(H,35,40)(H4,31,32,34)/t19-,22+,23+/m1/s1. The Labute approximate surface area is 234 Å². The van der Waals surface area contributed by atoms with Crippen molar-refractivity contribution >= 4 is 40.4 Å². The van der Waals surface area contributed by atoms with E-state index < -0.39 is 29.8 Å². The first kappa shape index (κ1) is 30.6. The number of unbranched alkanes of at least 4 members (excludes halogenated alkanes) is 1. The monoisotopic (exact) mass is 554 g/mol. The summed E-state index contributed by atoms with van der Waals surface area (Å²) in [6.45, 7) is 1.27. The van der Waals surface area contributed by atoms with Gasteiger partial charge in [-0.05, 0) is 62.8 Å². The fourth-order valence-electron chi connectivity index (χ4n) is 5.29. The highest BCUT2D eigenvalue weighted by Crippen LogP contribution is 2.25. The van der Waals surface area contributed by atoms with Crippen molar-refractivity contribution < 1.29 is 19.2 Å². The van der Waals surface area contributed by atoms with Gasteiger partial charge in [-0.15, -0.1) is 0 Å². The molecule has 12 nitrogen and oxygen atoms in total. The highest BCUT2D eigenvalue weighted by Gasteiger charge is 2.36. The molecule has 40 heavy (non-hydrogen) atoms. The Hall–Kier alpha value is -3.93. The Balaban J connectivity index is 1.65. The maximum absolute atomic E-state index is 13.5. The van der Waals surface area contributed by atoms with Crippen LogP contribution in [0, 0.1) is 5.92 Å². The van der Waals surface area contributed by atoms with Crippen molar-refractivity contribution in [3.05, 3.63) is 36.0 Å². The SMILES string of the molecule is NCCCC[C@H](CC(=O)[C@@H]1CCCN1C(=O)Cc1cccc2[nH]ccc12)C(=O)N[C@@H](CCCN=C(N)N)C(N)=O. The van der Waals surface area contributed by atoms with Crippen LogP contribution in [0.4, 0.5) is 0 Å². The lowest BCUT2D eigenvalue weighted by atomic mass is 9.91. The van der Waals surface area contributed by atoms with Crippen LogP contribution in [-0.4, -0.2) is 71.1 Å². The lowest BCUT2D eigenvalue weighted by molar-refractivity contribution is -0.138. The number of nitrogens with two attached hydrogens (primary N) is 4. The fraction of sp³-hybridized carbons (Fsp3) is 0.536. The molecule has 1 aliphatic rings. The van der Waals surface area contributed by atoms with Crippen LogP contribution in [0.5, 0.6) is 0 Å². The van der Waals surface area contributed by atoms with Crippen LogP contribution in [0.2, 0.25) is 0 Å². The van der Waals surface area contributed by atoms with Crippen LogP contribution in [0.15, 0.2) is 35.5 Å². The molecule has 0 unspecified atom stereocenters. The predicted octanol–water partition coefficient (Wildman–Crippen LogP) is 0.430. The summed E-state index contributed by atoms with van der Waals surface area (Å²) >= 11 is 0. The molecule has 10 N–H and O–H groups in total. The molecule has 218 valence electrons. The van der Waals surface area contributed by atoms with E-state index in [0.29, 0.717) is 51.7 Å². The van der Waals surface area contributed by atoms with Crippen molar-refractivity contribution in [2.24, 2.45) is 33.8 Å². The molecule has 0 aliphatic carbocycles. The zero-order valence-electron chi connectivity index (χ0n) is 22.9. The summed E-state index contributed by atoms with van der Waals surface area (Å²) in [6, 6.07) is 6.23. The van der Waals surface area contributed by atoms with Crippen molar-refractivity contribution in [3.63, 3.8) is 0 Å². The second-order valence-electron chi connectivity index (χ2n) is 10.3. The van der Waals surface area contributed by atoms with Gasteiger partial charge in [-0.25, -0.2) is 0 Å². The van der Waals surface area contributed by atoms with Crippen LogP contribution < -0.4 is 28.3 Å². The van der Waals surface area contributed by atoms with E-state index in [0.717, 1.165) is 22.9 Å². The normalized spacial score (nSPS) is 16.4. The molecule has 0 bridgehead atoms. The van der Waals surface area contributed by atoms with Gasteiger partial charge >= 0.3 is 0 Å². The van der Waals surface area contributed by atoms with Gasteiger partial charge in [0.2, 0.25) is 17.7 Å². The molecule has 3 atom stereocenters. The number of primary amides is 1. The minimum absolute atomic E-state index is 0.0300. The van der Waals surface area contributed by atoms with E-state index in [1.54, 1.807) is 4.90 Å². The number of rotatable bonds is 16. The summed E-state index contributed by atoms with van der Waals surface area (Å²) in [7, 11) is 0. The first-order valence-corrected chi connectivity index (χ1v) is 13.9. The van der Waals surface area contributed by atoms with Gasteiger partial charge in [0.05, 0.1) is 12.5 Å². The van der Waals surface area contributed by atoms with E-state index >= 15 is 0 Å². The average Bonchev–Trinajstić information content (AvgIpc) is 3.60. The molecule has 3 amide bonds. The maximum atomic E-state index is 13.5. The molecule has 1 aromatic heterocycles. The number of guanidine groups is 1. The van der Waals surface area contributed by atoms with E-state index in [-0.39, 0.29) is 36.9 Å². The Morgan fingerprint density at radius 1 is 1.07 bits per heavy atom. The summed E-state index contributed by atoms with van der Waals surface area (Å²) in [6.07, 6.45) is 5.78. The number of ketones is 1. The molecule has 1 aliphatic heterocycles. The number of carbonyl (C=O) groups excluding carboxylic acids is 4. The number of fused-ring (bicyclic) bond motifs is 1. The molecule has 0 saturated carbocycles. The van der Waals surface area contributed by atoms with E-state index in [9.17, 15) is 19.2 Å². The molecule has 2 heterocycles. The number of nitrogens with zero attached hydrogens (tertiary/aromatic N) is 2. The van der Waals surface area contributed by atoms with Crippen molar-refractivity contribution in [2.45, 2.75) is 69.9 Å². The van der Waals surface area contributed by atoms with Gasteiger partial charge in [-0.1, -0.05) is 18.6 Å². The predicted molar refractivity (Wildman–Crippen MR) is 154 cm³/mol. The molecule has 1 saturated heterocycles. The van der Waals surface area contributed by atoms with E-state index in [1.807, 2.05) is 30.5 Å². The number of aromatic amines is 1. The average molecular weight is 555 g/mol. The second kappa shape index (κ2) is 15.0. The van der Waals surface area contributed by atoms with E-state index in [2.05, 4.69) is 15.3 Å². The number of hydrogen-bond donors (Lipinski definition) is 6. The summed E-state index contributed by atoms with van der Waals surface area (Å²) < 4.78 is 0. The van der Waals surface area contributed by atoms with Gasteiger partial charge in [0.15, 0.2) is 11.7 Å². The van der Waals surface area contributed by atoms with Gasteiger partial charge in [0.1, 0.15) is 6.04 Å². The van der Waals surface area contributed by atoms with Gasteiger partial charge in [0, 0.05) is 42.5 Å². The lowest BCUT2D eigenvalue weighted by Gasteiger charge is -2.26. The number of amides is 3. The fourth-order valence-corrected chi connectivity index (χ4v) is 5.29. The van der Waals surface area contributed by atoms with E-state index in [4.69, 9.17) is 22.9 Å². The molecule has 1 aromatic carbocycles. The van der Waals surface area contributed by atoms with Crippen LogP contribution in [0.25, 0.3) is 10.9 Å². The minimum atomic E-state index is -0.908. The molecule has 2 aromatic rings. The maximum Gasteiger partial charge on any atom is 0.240 e. The molecule has 1 fully saturated rings. The number of carbonyl (C=O) groups is 4. The quantitative estimate of drug-likeness (QED) is 0.0976. The number of benzene rings is 1. The third kappa shape index (κ3) is 8.54. The first-order valence-electron chi connectivity index (χ1n) is 13.9. The minimum Gasteiger partial charge on any atom is -0.370 e. The Bertz CT molecular complexity index is 1210. The topological polar surface area (TPSA) is 216 Å². The van der Waals surface area contributed by atoms with E-state index in [1.165, 1.54) is 0 Å². The van der Waals surface area contributed by atoms with Crippen LogP contribution in [-0.2, 0) is 25.6 Å². The third-order valence-electron chi connectivity index (χ3n) is 7.40. The van der Waals surface area contributed by atoms with Crippen molar-refractivity contribution in [1.29, 1.82) is 0 Å². The largest absolute Gasteiger partial charge is 0.370 e. The van der Waals surface area contributed by atoms with Gasteiger partial charge < -0.3 is 38.1 Å². The number of H-pyrrole nitrogens is 1. The van der Waals surface area contributed by atoms with Gasteiger partial charge in [0.25, 0.3) is 0 Å². The number of hydrogen-bond acceptors (Lipinski definition) is 6. The molecule has 0 spiro atoms. The Morgan fingerprint density at radius 2 is 1.88 bits per heavy atom.